The van der Waals surface area contributed by atoms with E-state index in [0.717, 1.165) is 33.5 Å². The summed E-state index contributed by atoms with van der Waals surface area (Å²) in [6.45, 7) is 0.535. The molecule has 0 radical (unpaired) electrons. The largest absolute Gasteiger partial charge is 0.494 e. The van der Waals surface area contributed by atoms with Gasteiger partial charge in [-0.2, -0.15) is 0 Å². The van der Waals surface area contributed by atoms with Crippen LogP contribution in [0.25, 0.3) is 10.9 Å². The molecule has 4 nitrogen and oxygen atoms in total. The molecular formula is C23H20N2O2. The van der Waals surface area contributed by atoms with E-state index in [1.807, 2.05) is 85.9 Å². The van der Waals surface area contributed by atoms with Crippen molar-refractivity contribution in [2.45, 2.75) is 6.61 Å². The molecule has 0 amide bonds. The van der Waals surface area contributed by atoms with E-state index in [0.29, 0.717) is 6.61 Å². The maximum Gasteiger partial charge on any atom is 0.200 e. The summed E-state index contributed by atoms with van der Waals surface area (Å²) in [4.78, 5) is 4.51. The molecular weight excluding hydrogens is 336 g/mol. The van der Waals surface area contributed by atoms with Crippen LogP contribution in [0.4, 0.5) is 5.69 Å². The van der Waals surface area contributed by atoms with Gasteiger partial charge in [-0.1, -0.05) is 48.5 Å². The molecule has 4 heteroatoms. The van der Waals surface area contributed by atoms with Crippen molar-refractivity contribution in [3.63, 3.8) is 0 Å². The molecule has 4 rings (SSSR count). The number of hydrogen-bond acceptors (Lipinski definition) is 3. The highest BCUT2D eigenvalue weighted by molar-refractivity contribution is 6.03. The van der Waals surface area contributed by atoms with Crippen LogP contribution in [-0.2, 0) is 13.7 Å². The third-order valence-corrected chi connectivity index (χ3v) is 4.54. The Hall–Kier alpha value is -3.53. The first-order chi connectivity index (χ1) is 13.2. The maximum atomic E-state index is 10.4. The number of rotatable bonds is 5. The first-order valence-electron chi connectivity index (χ1n) is 8.79. The predicted octanol–water partition coefficient (Wildman–Crippen LogP) is 5.21. The van der Waals surface area contributed by atoms with Gasteiger partial charge < -0.3 is 14.4 Å². The topological polar surface area (TPSA) is 46.8 Å². The van der Waals surface area contributed by atoms with Gasteiger partial charge in [-0.15, -0.1) is 0 Å². The number of aromatic nitrogens is 1. The van der Waals surface area contributed by atoms with Gasteiger partial charge in [0, 0.05) is 18.6 Å². The Morgan fingerprint density at radius 2 is 1.63 bits per heavy atom. The van der Waals surface area contributed by atoms with Crippen molar-refractivity contribution in [2.75, 3.05) is 0 Å². The zero-order chi connectivity index (χ0) is 18.6. The molecule has 0 atom stereocenters. The van der Waals surface area contributed by atoms with E-state index in [1.165, 1.54) is 0 Å². The molecule has 0 aliphatic heterocycles. The van der Waals surface area contributed by atoms with Gasteiger partial charge in [0.1, 0.15) is 12.4 Å². The second kappa shape index (κ2) is 7.38. The van der Waals surface area contributed by atoms with E-state index in [-0.39, 0.29) is 5.88 Å². The fourth-order valence-electron chi connectivity index (χ4n) is 3.04. The fourth-order valence-corrected chi connectivity index (χ4v) is 3.04. The van der Waals surface area contributed by atoms with Crippen molar-refractivity contribution in [3.8, 4) is 11.6 Å². The number of nitrogens with zero attached hydrogens (tertiary/aromatic N) is 2. The van der Waals surface area contributed by atoms with E-state index >= 15 is 0 Å². The number of hydrogen-bond donors (Lipinski definition) is 1. The van der Waals surface area contributed by atoms with Gasteiger partial charge in [0.05, 0.1) is 16.8 Å². The summed E-state index contributed by atoms with van der Waals surface area (Å²) < 4.78 is 7.56. The monoisotopic (exact) mass is 356 g/mol. The van der Waals surface area contributed by atoms with Crippen molar-refractivity contribution in [1.29, 1.82) is 0 Å². The molecule has 0 spiro atoms. The standard InChI is InChI=1S/C23H20N2O2/c1-25-22-10-6-5-9-20(22)21(23(25)26)15-24-18-11-13-19(14-12-18)27-16-17-7-3-2-4-8-17/h2-15,26H,16H2,1H3. The lowest BCUT2D eigenvalue weighted by atomic mass is 10.2. The Kier molecular flexibility index (Phi) is 4.62. The van der Waals surface area contributed by atoms with E-state index in [1.54, 1.807) is 10.8 Å². The quantitative estimate of drug-likeness (QED) is 0.499. The summed E-state index contributed by atoms with van der Waals surface area (Å²) >= 11 is 0. The van der Waals surface area contributed by atoms with Crippen LogP contribution in [0.2, 0.25) is 0 Å². The van der Waals surface area contributed by atoms with Crippen LogP contribution in [0, 0.1) is 0 Å². The maximum absolute atomic E-state index is 10.4. The minimum Gasteiger partial charge on any atom is -0.494 e. The molecule has 3 aromatic carbocycles. The van der Waals surface area contributed by atoms with Crippen LogP contribution in [0.3, 0.4) is 0 Å². The third-order valence-electron chi connectivity index (χ3n) is 4.54. The molecule has 134 valence electrons. The van der Waals surface area contributed by atoms with Gasteiger partial charge in [0.2, 0.25) is 5.88 Å². The van der Waals surface area contributed by atoms with Gasteiger partial charge in [0.15, 0.2) is 0 Å². The van der Waals surface area contributed by atoms with Crippen molar-refractivity contribution in [3.05, 3.63) is 90.0 Å². The molecule has 1 aromatic heterocycles. The van der Waals surface area contributed by atoms with Gasteiger partial charge in [-0.05, 0) is 35.9 Å². The molecule has 0 aliphatic rings. The number of para-hydroxylation sites is 1. The van der Waals surface area contributed by atoms with Crippen LogP contribution in [0.1, 0.15) is 11.1 Å². The number of aromatic hydroxyl groups is 1. The Labute approximate surface area is 158 Å². The van der Waals surface area contributed by atoms with Crippen LogP contribution < -0.4 is 4.74 Å². The molecule has 0 aliphatic carbocycles. The Bertz CT molecular complexity index is 1080. The minimum atomic E-state index is 0.211. The van der Waals surface area contributed by atoms with Gasteiger partial charge in [0.25, 0.3) is 0 Å². The van der Waals surface area contributed by atoms with Crippen LogP contribution in [0.15, 0.2) is 83.9 Å². The Morgan fingerprint density at radius 3 is 2.41 bits per heavy atom. The molecule has 0 fully saturated rings. The molecule has 1 heterocycles. The summed E-state index contributed by atoms with van der Waals surface area (Å²) in [5, 5.41) is 11.3. The highest BCUT2D eigenvalue weighted by Crippen LogP contribution is 2.29. The molecule has 27 heavy (non-hydrogen) atoms. The number of fused-ring (bicyclic) bond motifs is 1. The molecule has 4 aromatic rings. The second-order valence-corrected chi connectivity index (χ2v) is 6.34. The van der Waals surface area contributed by atoms with E-state index in [2.05, 4.69) is 4.99 Å². The summed E-state index contributed by atoms with van der Waals surface area (Å²) in [5.41, 5.74) is 3.62. The normalized spacial score (nSPS) is 11.3. The summed E-state index contributed by atoms with van der Waals surface area (Å²) in [6.07, 6.45) is 1.71. The molecule has 1 N–H and O–H groups in total. The van der Waals surface area contributed by atoms with Crippen molar-refractivity contribution in [2.24, 2.45) is 12.0 Å². The highest BCUT2D eigenvalue weighted by Gasteiger charge is 2.11. The lowest BCUT2D eigenvalue weighted by Gasteiger charge is -2.06. The van der Waals surface area contributed by atoms with Crippen molar-refractivity contribution >= 4 is 22.8 Å². The molecule has 0 bridgehead atoms. The third kappa shape index (κ3) is 3.55. The average Bonchev–Trinajstić information content (AvgIpc) is 2.97. The summed E-state index contributed by atoms with van der Waals surface area (Å²) in [7, 11) is 1.84. The van der Waals surface area contributed by atoms with E-state index < -0.39 is 0 Å². The second-order valence-electron chi connectivity index (χ2n) is 6.34. The average molecular weight is 356 g/mol. The fraction of sp³-hybridized carbons (Fsp3) is 0.0870. The lowest BCUT2D eigenvalue weighted by molar-refractivity contribution is 0.306. The number of aliphatic imine (C=N–C) groups is 1. The number of ether oxygens (including phenoxy) is 1. The summed E-state index contributed by atoms with van der Waals surface area (Å²) in [6, 6.07) is 25.5. The Balaban J connectivity index is 1.50. The van der Waals surface area contributed by atoms with Gasteiger partial charge >= 0.3 is 0 Å². The first kappa shape index (κ1) is 16.9. The van der Waals surface area contributed by atoms with Gasteiger partial charge in [-0.3, -0.25) is 4.99 Å². The molecule has 0 saturated heterocycles. The van der Waals surface area contributed by atoms with E-state index in [9.17, 15) is 5.11 Å². The van der Waals surface area contributed by atoms with Crippen LogP contribution in [0.5, 0.6) is 11.6 Å². The Morgan fingerprint density at radius 1 is 0.926 bits per heavy atom. The number of benzene rings is 3. The molecule has 0 saturated carbocycles. The highest BCUT2D eigenvalue weighted by atomic mass is 16.5. The first-order valence-corrected chi connectivity index (χ1v) is 8.79. The van der Waals surface area contributed by atoms with E-state index in [4.69, 9.17) is 4.74 Å². The van der Waals surface area contributed by atoms with Gasteiger partial charge in [-0.25, -0.2) is 0 Å². The van der Waals surface area contributed by atoms with Crippen molar-refractivity contribution < 1.29 is 9.84 Å². The zero-order valence-corrected chi connectivity index (χ0v) is 15.0. The smallest absolute Gasteiger partial charge is 0.200 e. The number of aryl methyl sites for hydroxylation is 1. The zero-order valence-electron chi connectivity index (χ0n) is 15.0. The predicted molar refractivity (Wildman–Crippen MR) is 109 cm³/mol. The molecule has 0 unspecified atom stereocenters. The van der Waals surface area contributed by atoms with Crippen LogP contribution >= 0.6 is 0 Å². The minimum absolute atomic E-state index is 0.211. The lowest BCUT2D eigenvalue weighted by Crippen LogP contribution is -1.94. The van der Waals surface area contributed by atoms with Crippen LogP contribution in [-0.4, -0.2) is 15.9 Å². The SMILES string of the molecule is Cn1c(O)c(C=Nc2ccc(OCc3ccccc3)cc2)c2ccccc21. The van der Waals surface area contributed by atoms with Crippen molar-refractivity contribution in [1.82, 2.24) is 4.57 Å². The summed E-state index contributed by atoms with van der Waals surface area (Å²) in [5.74, 6) is 1.01.